The van der Waals surface area contributed by atoms with E-state index in [4.69, 9.17) is 16.4 Å². The molecule has 7 heteroatoms. The molecule has 6 N–H and O–H groups in total. The van der Waals surface area contributed by atoms with E-state index in [2.05, 4.69) is 33.3 Å². The van der Waals surface area contributed by atoms with E-state index in [1.165, 1.54) is 5.56 Å². The van der Waals surface area contributed by atoms with Gasteiger partial charge in [-0.3, -0.25) is 10.8 Å². The summed E-state index contributed by atoms with van der Waals surface area (Å²) in [4.78, 5) is 0. The number of benzene rings is 2. The van der Waals surface area contributed by atoms with Crippen LogP contribution in [0.15, 0.2) is 53.6 Å². The lowest BCUT2D eigenvalue weighted by Crippen LogP contribution is -2.21. The van der Waals surface area contributed by atoms with Crippen molar-refractivity contribution in [2.45, 2.75) is 12.5 Å². The van der Waals surface area contributed by atoms with Crippen molar-refractivity contribution in [3.63, 3.8) is 0 Å². The molecule has 2 aromatic carbocycles. The monoisotopic (exact) mass is 333 g/mol. The fourth-order valence-corrected chi connectivity index (χ4v) is 2.68. The predicted molar refractivity (Wildman–Crippen MR) is 101 cm³/mol. The van der Waals surface area contributed by atoms with E-state index in [1.807, 2.05) is 36.4 Å². The SMILES string of the molecule is N#C/C(=N\Nc1ccc(C2CCNc3ccccc3N2)cc1)C(=N)N. The van der Waals surface area contributed by atoms with Crippen LogP contribution in [0.2, 0.25) is 0 Å². The molecule has 0 aliphatic carbocycles. The highest BCUT2D eigenvalue weighted by molar-refractivity contribution is 6.45. The number of amidine groups is 1. The van der Waals surface area contributed by atoms with Gasteiger partial charge in [0.2, 0.25) is 5.71 Å². The lowest BCUT2D eigenvalue weighted by atomic mass is 10.0. The summed E-state index contributed by atoms with van der Waals surface area (Å²) in [7, 11) is 0. The molecule has 1 heterocycles. The van der Waals surface area contributed by atoms with Gasteiger partial charge >= 0.3 is 0 Å². The smallest absolute Gasteiger partial charge is 0.201 e. The van der Waals surface area contributed by atoms with Crippen molar-refractivity contribution in [2.75, 3.05) is 22.6 Å². The normalized spacial score (nSPS) is 16.4. The molecule has 0 radical (unpaired) electrons. The summed E-state index contributed by atoms with van der Waals surface area (Å²) in [6.45, 7) is 0.892. The minimum Gasteiger partial charge on any atom is -0.383 e. The molecule has 0 aromatic heterocycles. The van der Waals surface area contributed by atoms with Gasteiger partial charge in [-0.05, 0) is 36.2 Å². The van der Waals surface area contributed by atoms with Crippen LogP contribution in [0.4, 0.5) is 17.1 Å². The van der Waals surface area contributed by atoms with Crippen LogP contribution in [-0.2, 0) is 0 Å². The van der Waals surface area contributed by atoms with E-state index < -0.39 is 0 Å². The average molecular weight is 333 g/mol. The number of nitrogens with one attached hydrogen (secondary N) is 4. The maximum Gasteiger partial charge on any atom is 0.201 e. The summed E-state index contributed by atoms with van der Waals surface area (Å²) < 4.78 is 0. The third-order valence-electron chi connectivity index (χ3n) is 3.98. The van der Waals surface area contributed by atoms with Crippen molar-refractivity contribution < 1.29 is 0 Å². The molecule has 1 unspecified atom stereocenters. The summed E-state index contributed by atoms with van der Waals surface area (Å²) in [5.74, 6) is -0.361. The molecule has 2 aromatic rings. The van der Waals surface area contributed by atoms with Gasteiger partial charge in [-0.1, -0.05) is 24.3 Å². The number of hydrogen-bond acceptors (Lipinski definition) is 6. The Kier molecular flexibility index (Phi) is 4.81. The Hall–Kier alpha value is -3.53. The summed E-state index contributed by atoms with van der Waals surface area (Å²) >= 11 is 0. The molecule has 0 saturated carbocycles. The highest BCUT2D eigenvalue weighted by Crippen LogP contribution is 2.31. The number of nitrogens with zero attached hydrogens (tertiary/aromatic N) is 2. The lowest BCUT2D eigenvalue weighted by Gasteiger charge is -2.18. The quantitative estimate of drug-likeness (QED) is 0.334. The number of hydrogen-bond donors (Lipinski definition) is 5. The topological polar surface area (TPSA) is 122 Å². The zero-order valence-corrected chi connectivity index (χ0v) is 13.6. The van der Waals surface area contributed by atoms with Gasteiger partial charge in [0.1, 0.15) is 6.07 Å². The molecule has 0 saturated heterocycles. The fraction of sp³-hybridized carbons (Fsp3) is 0.167. The van der Waals surface area contributed by atoms with E-state index in [-0.39, 0.29) is 17.6 Å². The molecule has 0 amide bonds. The lowest BCUT2D eigenvalue weighted by molar-refractivity contribution is 0.732. The van der Waals surface area contributed by atoms with Gasteiger partial charge in [0, 0.05) is 6.54 Å². The molecule has 1 aliphatic heterocycles. The predicted octanol–water partition coefficient (Wildman–Crippen LogP) is 2.88. The minimum absolute atomic E-state index is 0.141. The number of anilines is 3. The zero-order valence-electron chi connectivity index (χ0n) is 13.6. The van der Waals surface area contributed by atoms with Gasteiger partial charge in [-0.25, -0.2) is 0 Å². The first-order valence-electron chi connectivity index (χ1n) is 7.95. The molecule has 25 heavy (non-hydrogen) atoms. The number of para-hydroxylation sites is 2. The van der Waals surface area contributed by atoms with Crippen LogP contribution in [-0.4, -0.2) is 18.1 Å². The van der Waals surface area contributed by atoms with E-state index >= 15 is 0 Å². The highest BCUT2D eigenvalue weighted by atomic mass is 15.3. The molecule has 0 spiro atoms. The van der Waals surface area contributed by atoms with Crippen molar-refractivity contribution in [3.8, 4) is 6.07 Å². The van der Waals surface area contributed by atoms with Crippen LogP contribution < -0.4 is 21.8 Å². The van der Waals surface area contributed by atoms with Crippen molar-refractivity contribution in [3.05, 3.63) is 54.1 Å². The fourth-order valence-electron chi connectivity index (χ4n) is 2.68. The molecule has 0 bridgehead atoms. The highest BCUT2D eigenvalue weighted by Gasteiger charge is 2.16. The first-order chi connectivity index (χ1) is 12.2. The molecule has 0 fully saturated rings. The van der Waals surface area contributed by atoms with Crippen LogP contribution >= 0.6 is 0 Å². The number of hydrazone groups is 1. The van der Waals surface area contributed by atoms with Crippen molar-refractivity contribution >= 4 is 28.6 Å². The summed E-state index contributed by atoms with van der Waals surface area (Å²) in [5.41, 5.74) is 12.0. The van der Waals surface area contributed by atoms with Crippen LogP contribution in [0.25, 0.3) is 0 Å². The van der Waals surface area contributed by atoms with Crippen LogP contribution in [0.5, 0.6) is 0 Å². The largest absolute Gasteiger partial charge is 0.383 e. The van der Waals surface area contributed by atoms with Crippen LogP contribution in [0.1, 0.15) is 18.0 Å². The Morgan fingerprint density at radius 2 is 1.92 bits per heavy atom. The van der Waals surface area contributed by atoms with Gasteiger partial charge in [-0.15, -0.1) is 0 Å². The first-order valence-corrected chi connectivity index (χ1v) is 7.95. The van der Waals surface area contributed by atoms with Gasteiger partial charge in [0.05, 0.1) is 23.1 Å². The summed E-state index contributed by atoms with van der Waals surface area (Å²) in [6, 6.07) is 18.0. The standard InChI is InChI=1S/C18H19N7/c19-11-17(18(20)21)25-24-13-7-5-12(6-8-13)14-9-10-22-15-3-1-2-4-16(15)23-14/h1-8,14,22-24H,9-10H2,(H3,20,21)/b25-17+. The van der Waals surface area contributed by atoms with Crippen LogP contribution in [0, 0.1) is 16.7 Å². The minimum atomic E-state index is -0.361. The Morgan fingerprint density at radius 1 is 1.20 bits per heavy atom. The van der Waals surface area contributed by atoms with Crippen molar-refractivity contribution in [1.82, 2.24) is 0 Å². The second-order valence-electron chi connectivity index (χ2n) is 5.68. The van der Waals surface area contributed by atoms with Crippen LogP contribution in [0.3, 0.4) is 0 Å². The summed E-state index contributed by atoms with van der Waals surface area (Å²) in [5, 5.41) is 26.9. The van der Waals surface area contributed by atoms with Gasteiger partial charge in [0.15, 0.2) is 5.84 Å². The van der Waals surface area contributed by atoms with Crippen molar-refractivity contribution in [1.29, 1.82) is 10.7 Å². The molecular weight excluding hydrogens is 314 g/mol. The van der Waals surface area contributed by atoms with Gasteiger partial charge < -0.3 is 16.4 Å². The Bertz CT molecular complexity index is 833. The molecule has 7 nitrogen and oxygen atoms in total. The number of rotatable bonds is 4. The van der Waals surface area contributed by atoms with E-state index in [0.717, 1.165) is 30.0 Å². The molecule has 126 valence electrons. The van der Waals surface area contributed by atoms with E-state index in [9.17, 15) is 0 Å². The van der Waals surface area contributed by atoms with Crippen molar-refractivity contribution in [2.24, 2.45) is 10.8 Å². The second kappa shape index (κ2) is 7.36. The Labute approximate surface area is 146 Å². The average Bonchev–Trinajstić information content (AvgIpc) is 2.85. The third-order valence-corrected chi connectivity index (χ3v) is 3.98. The zero-order chi connectivity index (χ0) is 17.6. The Morgan fingerprint density at radius 3 is 2.60 bits per heavy atom. The second-order valence-corrected chi connectivity index (χ2v) is 5.68. The molecule has 1 aliphatic rings. The molecular formula is C18H19N7. The maximum absolute atomic E-state index is 8.84. The third kappa shape index (κ3) is 3.87. The van der Waals surface area contributed by atoms with Gasteiger partial charge in [-0.2, -0.15) is 10.4 Å². The number of fused-ring (bicyclic) bond motifs is 1. The number of nitriles is 1. The molecule has 1 atom stereocenters. The Balaban J connectivity index is 1.72. The maximum atomic E-state index is 8.84. The van der Waals surface area contributed by atoms with Gasteiger partial charge in [0.25, 0.3) is 0 Å². The molecule has 3 rings (SSSR count). The first kappa shape index (κ1) is 16.3. The summed E-state index contributed by atoms with van der Waals surface area (Å²) in [6.07, 6.45) is 0.961. The van der Waals surface area contributed by atoms with E-state index in [0.29, 0.717) is 0 Å². The van der Waals surface area contributed by atoms with E-state index in [1.54, 1.807) is 6.07 Å². The number of nitrogens with two attached hydrogens (primary N) is 1.